The molecule has 4 rings (SSSR count). The SMILES string of the molecule is O=C(NC(C(=O)Nc1ccccc1)c1ccccc1)C1CCN(C(=O)Nc2ccccc2)CC1. The number of carbonyl (C=O) groups is 3. The minimum absolute atomic E-state index is 0.172. The minimum atomic E-state index is -0.812. The van der Waals surface area contributed by atoms with Gasteiger partial charge >= 0.3 is 6.03 Å². The smallest absolute Gasteiger partial charge is 0.321 e. The average Bonchev–Trinajstić information content (AvgIpc) is 2.89. The van der Waals surface area contributed by atoms with Gasteiger partial charge in [0.25, 0.3) is 5.91 Å². The minimum Gasteiger partial charge on any atom is -0.340 e. The lowest BCUT2D eigenvalue weighted by molar-refractivity contribution is -0.130. The standard InChI is InChI=1S/C27H28N4O3/c32-25(21-16-18-31(19-17-21)27(34)29-23-14-8-3-9-15-23)30-24(20-10-4-1-5-11-20)26(33)28-22-12-6-2-7-13-22/h1-15,21,24H,16-19H2,(H,28,33)(H,29,34)(H,30,32). The Kier molecular flexibility index (Phi) is 7.55. The number of likely N-dealkylation sites (tertiary alicyclic amines) is 1. The summed E-state index contributed by atoms with van der Waals surface area (Å²) in [6.07, 6.45) is 1.08. The van der Waals surface area contributed by atoms with Gasteiger partial charge in [0, 0.05) is 30.4 Å². The highest BCUT2D eigenvalue weighted by Crippen LogP contribution is 2.22. The van der Waals surface area contributed by atoms with E-state index in [1.807, 2.05) is 78.9 Å². The second kappa shape index (κ2) is 11.1. The number of urea groups is 1. The van der Waals surface area contributed by atoms with E-state index < -0.39 is 6.04 Å². The van der Waals surface area contributed by atoms with Crippen molar-refractivity contribution in [1.82, 2.24) is 10.2 Å². The van der Waals surface area contributed by atoms with Gasteiger partial charge in [-0.05, 0) is 42.7 Å². The van der Waals surface area contributed by atoms with Gasteiger partial charge in [-0.15, -0.1) is 0 Å². The van der Waals surface area contributed by atoms with Crippen LogP contribution in [-0.4, -0.2) is 35.8 Å². The summed E-state index contributed by atoms with van der Waals surface area (Å²) in [5.74, 6) is -0.748. The van der Waals surface area contributed by atoms with Crippen molar-refractivity contribution >= 4 is 29.2 Å². The van der Waals surface area contributed by atoms with E-state index >= 15 is 0 Å². The Bertz CT molecular complexity index is 1100. The molecule has 1 aliphatic heterocycles. The van der Waals surface area contributed by atoms with Crippen LogP contribution in [0.3, 0.4) is 0 Å². The van der Waals surface area contributed by atoms with Crippen molar-refractivity contribution in [2.45, 2.75) is 18.9 Å². The molecule has 7 nitrogen and oxygen atoms in total. The number of amides is 4. The Morgan fingerprint density at radius 1 is 0.706 bits per heavy atom. The number of hydrogen-bond acceptors (Lipinski definition) is 3. The molecule has 1 unspecified atom stereocenters. The number of anilines is 2. The summed E-state index contributed by atoms with van der Waals surface area (Å²) in [4.78, 5) is 40.4. The maximum absolute atomic E-state index is 13.1. The van der Waals surface area contributed by atoms with Crippen molar-refractivity contribution in [3.8, 4) is 0 Å². The molecule has 4 amide bonds. The molecule has 3 aromatic rings. The lowest BCUT2D eigenvalue weighted by Crippen LogP contribution is -2.46. The van der Waals surface area contributed by atoms with Crippen LogP contribution < -0.4 is 16.0 Å². The Balaban J connectivity index is 1.36. The van der Waals surface area contributed by atoms with Crippen LogP contribution in [-0.2, 0) is 9.59 Å². The number of piperidine rings is 1. The molecule has 7 heteroatoms. The quantitative estimate of drug-likeness (QED) is 0.513. The van der Waals surface area contributed by atoms with Crippen molar-refractivity contribution in [1.29, 1.82) is 0 Å². The summed E-state index contributed by atoms with van der Waals surface area (Å²) in [6, 6.07) is 26.7. The fraction of sp³-hybridized carbons (Fsp3) is 0.222. The number of nitrogens with one attached hydrogen (secondary N) is 3. The lowest BCUT2D eigenvalue weighted by Gasteiger charge is -2.32. The number of benzene rings is 3. The van der Waals surface area contributed by atoms with Gasteiger partial charge in [0.05, 0.1) is 0 Å². The van der Waals surface area contributed by atoms with Gasteiger partial charge in [-0.25, -0.2) is 4.79 Å². The summed E-state index contributed by atoms with van der Waals surface area (Å²) in [7, 11) is 0. The largest absolute Gasteiger partial charge is 0.340 e. The van der Waals surface area contributed by atoms with Crippen LogP contribution in [0.25, 0.3) is 0 Å². The predicted octanol–water partition coefficient (Wildman–Crippen LogP) is 4.43. The third-order valence-corrected chi connectivity index (χ3v) is 5.90. The predicted molar refractivity (Wildman–Crippen MR) is 132 cm³/mol. The van der Waals surface area contributed by atoms with Gasteiger partial charge in [0.2, 0.25) is 5.91 Å². The number of carbonyl (C=O) groups excluding carboxylic acids is 3. The van der Waals surface area contributed by atoms with Crippen molar-refractivity contribution in [2.24, 2.45) is 5.92 Å². The molecule has 0 aliphatic carbocycles. The van der Waals surface area contributed by atoms with Gasteiger partial charge in [-0.3, -0.25) is 9.59 Å². The lowest BCUT2D eigenvalue weighted by atomic mass is 9.95. The fourth-order valence-corrected chi connectivity index (χ4v) is 4.01. The highest BCUT2D eigenvalue weighted by molar-refractivity contribution is 5.98. The summed E-state index contributed by atoms with van der Waals surface area (Å²) in [6.45, 7) is 0.950. The summed E-state index contributed by atoms with van der Waals surface area (Å²) >= 11 is 0. The fourth-order valence-electron chi connectivity index (χ4n) is 4.01. The molecule has 1 heterocycles. The van der Waals surface area contributed by atoms with E-state index in [1.165, 1.54) is 0 Å². The third-order valence-electron chi connectivity index (χ3n) is 5.90. The van der Waals surface area contributed by atoms with Crippen molar-refractivity contribution in [3.05, 3.63) is 96.6 Å². The van der Waals surface area contributed by atoms with Gasteiger partial charge in [-0.1, -0.05) is 66.7 Å². The molecule has 0 bridgehead atoms. The molecule has 0 saturated carbocycles. The Labute approximate surface area is 199 Å². The first kappa shape index (κ1) is 23.0. The zero-order valence-electron chi connectivity index (χ0n) is 18.8. The number of hydrogen-bond donors (Lipinski definition) is 3. The Hall–Kier alpha value is -4.13. The molecular weight excluding hydrogens is 428 g/mol. The molecule has 1 saturated heterocycles. The van der Waals surface area contributed by atoms with Crippen molar-refractivity contribution < 1.29 is 14.4 Å². The number of nitrogens with zero attached hydrogens (tertiary/aromatic N) is 1. The molecule has 174 valence electrons. The summed E-state index contributed by atoms with van der Waals surface area (Å²) < 4.78 is 0. The van der Waals surface area contributed by atoms with Gasteiger partial charge in [0.15, 0.2) is 0 Å². The second-order valence-electron chi connectivity index (χ2n) is 8.27. The van der Waals surface area contributed by atoms with Crippen LogP contribution in [0, 0.1) is 5.92 Å². The van der Waals surface area contributed by atoms with Crippen molar-refractivity contribution in [2.75, 3.05) is 23.7 Å². The van der Waals surface area contributed by atoms with Gasteiger partial charge in [0.1, 0.15) is 6.04 Å². The zero-order chi connectivity index (χ0) is 23.8. The molecule has 0 aromatic heterocycles. The number of rotatable bonds is 6. The maximum Gasteiger partial charge on any atom is 0.321 e. The molecule has 3 aromatic carbocycles. The topological polar surface area (TPSA) is 90.5 Å². The second-order valence-corrected chi connectivity index (χ2v) is 8.27. The Morgan fingerprint density at radius 3 is 1.76 bits per heavy atom. The van der Waals surface area contributed by atoms with E-state index in [9.17, 15) is 14.4 Å². The van der Waals surface area contributed by atoms with Gasteiger partial charge < -0.3 is 20.9 Å². The first-order chi connectivity index (χ1) is 16.6. The third kappa shape index (κ3) is 6.01. The molecular formula is C27H28N4O3. The summed E-state index contributed by atoms with van der Waals surface area (Å²) in [5.41, 5.74) is 2.12. The number of para-hydroxylation sites is 2. The van der Waals surface area contributed by atoms with Crippen LogP contribution in [0.15, 0.2) is 91.0 Å². The van der Waals surface area contributed by atoms with E-state index in [4.69, 9.17) is 0 Å². The van der Waals surface area contributed by atoms with Crippen LogP contribution in [0.4, 0.5) is 16.2 Å². The molecule has 0 spiro atoms. The van der Waals surface area contributed by atoms with E-state index in [-0.39, 0.29) is 23.8 Å². The van der Waals surface area contributed by atoms with Crippen LogP contribution >= 0.6 is 0 Å². The monoisotopic (exact) mass is 456 g/mol. The average molecular weight is 457 g/mol. The van der Waals surface area contributed by atoms with E-state index in [1.54, 1.807) is 17.0 Å². The molecule has 1 aliphatic rings. The maximum atomic E-state index is 13.1. The molecule has 1 atom stereocenters. The highest BCUT2D eigenvalue weighted by atomic mass is 16.2. The zero-order valence-corrected chi connectivity index (χ0v) is 18.8. The first-order valence-electron chi connectivity index (χ1n) is 11.4. The van der Waals surface area contributed by atoms with Crippen LogP contribution in [0.5, 0.6) is 0 Å². The highest BCUT2D eigenvalue weighted by Gasteiger charge is 2.31. The molecule has 0 radical (unpaired) electrons. The van der Waals surface area contributed by atoms with E-state index in [0.29, 0.717) is 37.2 Å². The molecule has 1 fully saturated rings. The van der Waals surface area contributed by atoms with Gasteiger partial charge in [-0.2, -0.15) is 0 Å². The van der Waals surface area contributed by atoms with Crippen LogP contribution in [0.1, 0.15) is 24.4 Å². The van der Waals surface area contributed by atoms with Crippen molar-refractivity contribution in [3.63, 3.8) is 0 Å². The van der Waals surface area contributed by atoms with E-state index in [2.05, 4.69) is 16.0 Å². The van der Waals surface area contributed by atoms with Crippen LogP contribution in [0.2, 0.25) is 0 Å². The normalized spacial score (nSPS) is 14.6. The first-order valence-corrected chi connectivity index (χ1v) is 11.4. The molecule has 3 N–H and O–H groups in total. The summed E-state index contributed by atoms with van der Waals surface area (Å²) in [5, 5.41) is 8.70. The molecule has 34 heavy (non-hydrogen) atoms. The Morgan fingerprint density at radius 2 is 1.21 bits per heavy atom. The van der Waals surface area contributed by atoms with E-state index in [0.717, 1.165) is 5.69 Å².